The van der Waals surface area contributed by atoms with Crippen LogP contribution in [0.1, 0.15) is 29.5 Å². The molecule has 0 aromatic heterocycles. The number of fused-ring (bicyclic) bond motifs is 3. The second-order valence-corrected chi connectivity index (χ2v) is 9.04. The Kier molecular flexibility index (Phi) is 8.43. The fourth-order valence-corrected chi connectivity index (χ4v) is 4.50. The predicted octanol–water partition coefficient (Wildman–Crippen LogP) is 4.08. The number of aromatic hydroxyl groups is 1. The zero-order chi connectivity index (χ0) is 27.1. The lowest BCUT2D eigenvalue weighted by Crippen LogP contribution is -2.52. The number of ether oxygens (including phenoxy) is 2. The van der Waals surface area contributed by atoms with Crippen molar-refractivity contribution in [1.82, 2.24) is 10.6 Å². The number of rotatable bonds is 10. The molecule has 0 aliphatic heterocycles. The molecule has 3 N–H and O–H groups in total. The third-order valence-electron chi connectivity index (χ3n) is 6.38. The molecule has 8 heteroatoms. The van der Waals surface area contributed by atoms with E-state index in [-0.39, 0.29) is 31.3 Å². The number of esters is 1. The first-order valence-electron chi connectivity index (χ1n) is 12.3. The molecule has 1 aliphatic rings. The monoisotopic (exact) mass is 514 g/mol. The average Bonchev–Trinajstić information content (AvgIpc) is 3.25. The molecule has 2 amide bonds. The maximum atomic E-state index is 13.1. The number of phenols is 1. The van der Waals surface area contributed by atoms with Gasteiger partial charge in [-0.15, -0.1) is 0 Å². The standard InChI is InChI=1S/C30H30N2O6/c1-3-16-37-29(35)19(2)31-28(34)27(17-20-12-14-21(33)15-13-20)32-30(36)38-18-26-24-10-6-4-8-22(24)23-9-5-7-11-25(23)26/h3-15,19,26-27,33H,1,16-18H2,2H3,(H,31,34)(H,32,36)/t19-,27-/m0/s1. The Balaban J connectivity index is 1.44. The van der Waals surface area contributed by atoms with Crippen molar-refractivity contribution in [2.45, 2.75) is 31.3 Å². The summed E-state index contributed by atoms with van der Waals surface area (Å²) in [6, 6.07) is 20.3. The zero-order valence-corrected chi connectivity index (χ0v) is 21.1. The average molecular weight is 515 g/mol. The third-order valence-corrected chi connectivity index (χ3v) is 6.38. The van der Waals surface area contributed by atoms with Crippen LogP contribution in [0.5, 0.6) is 5.75 Å². The predicted molar refractivity (Wildman–Crippen MR) is 143 cm³/mol. The second-order valence-electron chi connectivity index (χ2n) is 9.04. The van der Waals surface area contributed by atoms with Crippen molar-refractivity contribution in [3.63, 3.8) is 0 Å². The Labute approximate surface area is 221 Å². The van der Waals surface area contributed by atoms with Crippen LogP contribution in [0.3, 0.4) is 0 Å². The molecule has 38 heavy (non-hydrogen) atoms. The van der Waals surface area contributed by atoms with E-state index >= 15 is 0 Å². The molecule has 0 saturated carbocycles. The number of phenolic OH excluding ortho intramolecular Hbond substituents is 1. The van der Waals surface area contributed by atoms with E-state index in [0.29, 0.717) is 5.56 Å². The summed E-state index contributed by atoms with van der Waals surface area (Å²) in [6.07, 6.45) is 0.788. The fourth-order valence-electron chi connectivity index (χ4n) is 4.50. The van der Waals surface area contributed by atoms with Crippen LogP contribution in [0.2, 0.25) is 0 Å². The Morgan fingerprint density at radius 1 is 0.921 bits per heavy atom. The molecule has 0 fully saturated rings. The van der Waals surface area contributed by atoms with Gasteiger partial charge >= 0.3 is 12.1 Å². The summed E-state index contributed by atoms with van der Waals surface area (Å²) in [7, 11) is 0. The molecule has 3 aromatic rings. The lowest BCUT2D eigenvalue weighted by atomic mass is 9.98. The van der Waals surface area contributed by atoms with Gasteiger partial charge in [-0.25, -0.2) is 9.59 Å². The van der Waals surface area contributed by atoms with Crippen molar-refractivity contribution in [1.29, 1.82) is 0 Å². The van der Waals surface area contributed by atoms with Crippen LogP contribution < -0.4 is 10.6 Å². The summed E-state index contributed by atoms with van der Waals surface area (Å²) in [5.74, 6) is -1.24. The number of benzene rings is 3. The minimum absolute atomic E-state index is 0.0218. The van der Waals surface area contributed by atoms with E-state index in [4.69, 9.17) is 9.47 Å². The maximum Gasteiger partial charge on any atom is 0.407 e. The molecule has 0 saturated heterocycles. The normalized spacial score (nSPS) is 13.4. The maximum absolute atomic E-state index is 13.1. The van der Waals surface area contributed by atoms with Crippen LogP contribution in [-0.2, 0) is 25.5 Å². The molecular weight excluding hydrogens is 484 g/mol. The van der Waals surface area contributed by atoms with Gasteiger partial charge in [0.2, 0.25) is 5.91 Å². The summed E-state index contributed by atoms with van der Waals surface area (Å²) >= 11 is 0. The molecule has 3 aromatic carbocycles. The number of carbonyl (C=O) groups is 3. The van der Waals surface area contributed by atoms with Crippen molar-refractivity contribution < 1.29 is 29.0 Å². The largest absolute Gasteiger partial charge is 0.508 e. The van der Waals surface area contributed by atoms with E-state index in [1.54, 1.807) is 12.1 Å². The smallest absolute Gasteiger partial charge is 0.407 e. The van der Waals surface area contributed by atoms with Gasteiger partial charge in [0.15, 0.2) is 0 Å². The van der Waals surface area contributed by atoms with Crippen molar-refractivity contribution in [2.75, 3.05) is 13.2 Å². The number of hydrogen-bond acceptors (Lipinski definition) is 6. The molecule has 0 spiro atoms. The summed E-state index contributed by atoms with van der Waals surface area (Å²) < 4.78 is 10.6. The second kappa shape index (κ2) is 12.1. The summed E-state index contributed by atoms with van der Waals surface area (Å²) in [4.78, 5) is 38.1. The van der Waals surface area contributed by atoms with Crippen molar-refractivity contribution >= 4 is 18.0 Å². The summed E-state index contributed by atoms with van der Waals surface area (Å²) in [5, 5.41) is 14.8. The highest BCUT2D eigenvalue weighted by atomic mass is 16.5. The highest BCUT2D eigenvalue weighted by Crippen LogP contribution is 2.44. The third kappa shape index (κ3) is 6.21. The van der Waals surface area contributed by atoms with E-state index in [0.717, 1.165) is 22.3 Å². The van der Waals surface area contributed by atoms with Crippen LogP contribution >= 0.6 is 0 Å². The van der Waals surface area contributed by atoms with E-state index in [1.165, 1.54) is 25.1 Å². The minimum atomic E-state index is -1.04. The summed E-state index contributed by atoms with van der Waals surface area (Å²) in [5.41, 5.74) is 5.07. The lowest BCUT2D eigenvalue weighted by Gasteiger charge is -2.21. The Morgan fingerprint density at radius 3 is 2.13 bits per heavy atom. The van der Waals surface area contributed by atoms with E-state index in [2.05, 4.69) is 17.2 Å². The lowest BCUT2D eigenvalue weighted by molar-refractivity contribution is -0.146. The van der Waals surface area contributed by atoms with Gasteiger partial charge in [0.25, 0.3) is 0 Å². The van der Waals surface area contributed by atoms with Crippen molar-refractivity contribution in [3.05, 3.63) is 102 Å². The molecule has 2 atom stereocenters. The topological polar surface area (TPSA) is 114 Å². The number of amides is 2. The Bertz CT molecular complexity index is 1270. The van der Waals surface area contributed by atoms with E-state index in [9.17, 15) is 19.5 Å². The first-order valence-corrected chi connectivity index (χ1v) is 12.3. The molecule has 0 unspecified atom stereocenters. The molecule has 0 radical (unpaired) electrons. The quantitative estimate of drug-likeness (QED) is 0.278. The van der Waals surface area contributed by atoms with Gasteiger partial charge in [0.05, 0.1) is 0 Å². The number of carbonyl (C=O) groups excluding carboxylic acids is 3. The van der Waals surface area contributed by atoms with Gasteiger partial charge in [-0.3, -0.25) is 4.79 Å². The van der Waals surface area contributed by atoms with Crippen LogP contribution in [-0.4, -0.2) is 48.4 Å². The minimum Gasteiger partial charge on any atom is -0.508 e. The van der Waals surface area contributed by atoms with Crippen molar-refractivity contribution in [2.24, 2.45) is 0 Å². The molecular formula is C30H30N2O6. The van der Waals surface area contributed by atoms with Crippen LogP contribution in [0.4, 0.5) is 4.79 Å². The van der Waals surface area contributed by atoms with Gasteiger partial charge in [0.1, 0.15) is 31.0 Å². The first kappa shape index (κ1) is 26.5. The number of hydrogen-bond donors (Lipinski definition) is 3. The van der Waals surface area contributed by atoms with Gasteiger partial charge in [0, 0.05) is 12.3 Å². The highest BCUT2D eigenvalue weighted by molar-refractivity contribution is 5.89. The van der Waals surface area contributed by atoms with Crippen molar-refractivity contribution in [3.8, 4) is 16.9 Å². The number of nitrogens with one attached hydrogen (secondary N) is 2. The molecule has 1 aliphatic carbocycles. The van der Waals surface area contributed by atoms with Gasteiger partial charge < -0.3 is 25.2 Å². The molecule has 0 bridgehead atoms. The van der Waals surface area contributed by atoms with Gasteiger partial charge in [-0.1, -0.05) is 73.3 Å². The SMILES string of the molecule is C=CCOC(=O)[C@H](C)NC(=O)[C@H](Cc1ccc(O)cc1)NC(=O)OCC1c2ccccc2-c2ccccc21. The first-order chi connectivity index (χ1) is 18.4. The van der Waals surface area contributed by atoms with Crippen LogP contribution in [0.25, 0.3) is 11.1 Å². The van der Waals surface area contributed by atoms with Crippen LogP contribution in [0.15, 0.2) is 85.5 Å². The number of alkyl carbamates (subject to hydrolysis) is 1. The van der Waals surface area contributed by atoms with Crippen LogP contribution in [0, 0.1) is 0 Å². The molecule has 4 rings (SSSR count). The van der Waals surface area contributed by atoms with E-state index in [1.807, 2.05) is 48.5 Å². The Hall–Kier alpha value is -4.59. The Morgan fingerprint density at radius 2 is 1.53 bits per heavy atom. The molecule has 8 nitrogen and oxygen atoms in total. The highest BCUT2D eigenvalue weighted by Gasteiger charge is 2.30. The zero-order valence-electron chi connectivity index (χ0n) is 21.1. The summed E-state index contributed by atoms with van der Waals surface area (Å²) in [6.45, 7) is 5.11. The fraction of sp³-hybridized carbons (Fsp3) is 0.233. The molecule has 196 valence electrons. The molecule has 0 heterocycles. The van der Waals surface area contributed by atoms with Gasteiger partial charge in [-0.2, -0.15) is 0 Å². The van der Waals surface area contributed by atoms with E-state index < -0.39 is 30.1 Å². The van der Waals surface area contributed by atoms with Gasteiger partial charge in [-0.05, 0) is 46.9 Å².